The minimum absolute atomic E-state index is 1.13. The molecule has 2 nitrogen and oxygen atoms in total. The lowest BCUT2D eigenvalue weighted by atomic mass is 9.82. The first kappa shape index (κ1) is 52.2. The van der Waals surface area contributed by atoms with Crippen molar-refractivity contribution in [2.45, 2.75) is 39.3 Å². The molecule has 15 aromatic carbocycles. The molecule has 4 heteroatoms. The first-order valence-corrected chi connectivity index (χ1v) is 38.1. The van der Waals surface area contributed by atoms with E-state index in [-0.39, 0.29) is 0 Å². The van der Waals surface area contributed by atoms with E-state index in [1.165, 1.54) is 142 Å². The van der Waals surface area contributed by atoms with E-state index < -0.39 is 16.1 Å². The minimum atomic E-state index is -1.63. The summed E-state index contributed by atoms with van der Waals surface area (Å²) in [7, 11) is -3.26. The molecule has 0 saturated heterocycles. The molecule has 0 spiro atoms. The molecule has 2 aliphatic carbocycles. The normalized spacial score (nSPS) is 12.4. The van der Waals surface area contributed by atoms with Gasteiger partial charge in [-0.05, 0) is 206 Å². The molecular weight excluding hydrogens is 1090 g/mol. The maximum Gasteiger partial charge on any atom is 0.0775 e. The molecule has 0 fully saturated rings. The Hall–Kier alpha value is -10.1. The van der Waals surface area contributed by atoms with E-state index in [0.717, 1.165) is 34.1 Å². The molecule has 15 aromatic rings. The molecule has 2 aliphatic rings. The first-order chi connectivity index (χ1) is 42.9. The lowest BCUT2D eigenvalue weighted by Crippen LogP contribution is -2.37. The maximum atomic E-state index is 2.58. The summed E-state index contributed by atoms with van der Waals surface area (Å²) in [6.45, 7) is 14.7. The van der Waals surface area contributed by atoms with Crippen molar-refractivity contribution < 1.29 is 0 Å². The van der Waals surface area contributed by atoms with Gasteiger partial charge in [0.1, 0.15) is 0 Å². The molecule has 0 aliphatic heterocycles. The highest BCUT2D eigenvalue weighted by atomic mass is 28.3. The van der Waals surface area contributed by atoms with E-state index in [0.29, 0.717) is 0 Å². The Bertz CT molecular complexity index is 4960. The van der Waals surface area contributed by atoms with Crippen LogP contribution in [0.15, 0.2) is 279 Å². The lowest BCUT2D eigenvalue weighted by molar-refractivity contribution is 1.30. The van der Waals surface area contributed by atoms with Crippen molar-refractivity contribution in [1.29, 1.82) is 0 Å². The number of rotatable bonds is 10. The molecule has 0 amide bonds. The summed E-state index contributed by atoms with van der Waals surface area (Å²) in [6.07, 6.45) is 0. The second kappa shape index (κ2) is 19.7. The standard InChI is InChI=1S/C84H64N2Si2/c1-87(2,3)63-39-33-55(34-40-63)81-75-49-71-65-27-17-29-69-80(86(60-25-11-8-12-26-60)62-38-32-54-20-14-16-22-58(54)48-62)46-44-68(83(65)69)74(71)52-78(75)82(56-35-41-64(42-36-56)88(4,5)6)76-50-72-66-28-18-30-70-79(45-43-67(84(66)70)73(72)51-77(76)81)85(59-23-9-7-10-24-59)61-37-31-53-19-13-15-21-57(53)47-61/h7-52H,1-6H3. The summed E-state index contributed by atoms with van der Waals surface area (Å²) in [6, 6.07) is 106. The van der Waals surface area contributed by atoms with E-state index in [9.17, 15) is 0 Å². The van der Waals surface area contributed by atoms with Crippen molar-refractivity contribution >= 4 is 125 Å². The van der Waals surface area contributed by atoms with Crippen LogP contribution in [0.3, 0.4) is 0 Å². The van der Waals surface area contributed by atoms with Crippen LogP contribution in [-0.2, 0) is 0 Å². The lowest BCUT2D eigenvalue weighted by Gasteiger charge is -2.27. The monoisotopic (exact) mass is 1160 g/mol. The quantitative estimate of drug-likeness (QED) is 0.0995. The second-order valence-corrected chi connectivity index (χ2v) is 36.6. The van der Waals surface area contributed by atoms with Crippen molar-refractivity contribution in [3.63, 3.8) is 0 Å². The van der Waals surface area contributed by atoms with E-state index in [4.69, 9.17) is 0 Å². The predicted molar refractivity (Wildman–Crippen MR) is 387 cm³/mol. The molecule has 0 heterocycles. The number of anilines is 6. The number of hydrogen-bond acceptors (Lipinski definition) is 2. The van der Waals surface area contributed by atoms with Gasteiger partial charge in [-0.1, -0.05) is 244 Å². The Morgan fingerprint density at radius 2 is 0.568 bits per heavy atom. The van der Waals surface area contributed by atoms with Crippen molar-refractivity contribution in [2.24, 2.45) is 0 Å². The zero-order valence-corrected chi connectivity index (χ0v) is 52.5. The molecule has 0 N–H and O–H groups in total. The highest BCUT2D eigenvalue weighted by molar-refractivity contribution is 6.89. The molecular formula is C84H64N2Si2. The zero-order valence-electron chi connectivity index (χ0n) is 50.5. The second-order valence-electron chi connectivity index (χ2n) is 26.4. The van der Waals surface area contributed by atoms with Gasteiger partial charge in [0.15, 0.2) is 0 Å². The molecule has 0 atom stereocenters. The van der Waals surface area contributed by atoms with Gasteiger partial charge in [0.05, 0.1) is 27.5 Å². The Labute approximate surface area is 516 Å². The summed E-state index contributed by atoms with van der Waals surface area (Å²) in [4.78, 5) is 4.91. The van der Waals surface area contributed by atoms with Crippen LogP contribution in [0.25, 0.3) is 131 Å². The third-order valence-electron chi connectivity index (χ3n) is 19.2. The summed E-state index contributed by atoms with van der Waals surface area (Å²) in [5.41, 5.74) is 22.1. The Morgan fingerprint density at radius 3 is 0.932 bits per heavy atom. The fourth-order valence-electron chi connectivity index (χ4n) is 14.8. The van der Waals surface area contributed by atoms with Crippen molar-refractivity contribution in [2.75, 3.05) is 9.80 Å². The van der Waals surface area contributed by atoms with Gasteiger partial charge < -0.3 is 9.80 Å². The van der Waals surface area contributed by atoms with E-state index in [1.54, 1.807) is 0 Å². The largest absolute Gasteiger partial charge is 0.310 e. The number of benzene rings is 15. The highest BCUT2D eigenvalue weighted by Gasteiger charge is 2.32. The van der Waals surface area contributed by atoms with Gasteiger partial charge in [-0.25, -0.2) is 0 Å². The summed E-state index contributed by atoms with van der Waals surface area (Å²) in [5.74, 6) is 0. The topological polar surface area (TPSA) is 6.48 Å². The zero-order chi connectivity index (χ0) is 59.2. The van der Waals surface area contributed by atoms with Gasteiger partial charge in [-0.3, -0.25) is 0 Å². The van der Waals surface area contributed by atoms with Crippen LogP contribution in [0, 0.1) is 0 Å². The van der Waals surface area contributed by atoms with Gasteiger partial charge in [0.25, 0.3) is 0 Å². The van der Waals surface area contributed by atoms with E-state index in [2.05, 4.69) is 328 Å². The summed E-state index contributed by atoms with van der Waals surface area (Å²) >= 11 is 0. The average Bonchev–Trinajstić information content (AvgIpc) is 1.80. The highest BCUT2D eigenvalue weighted by Crippen LogP contribution is 2.58. The number of para-hydroxylation sites is 2. The number of hydrogen-bond donors (Lipinski definition) is 0. The van der Waals surface area contributed by atoms with Gasteiger partial charge in [-0.15, -0.1) is 0 Å². The molecule has 0 bridgehead atoms. The van der Waals surface area contributed by atoms with E-state index >= 15 is 0 Å². The molecule has 418 valence electrons. The van der Waals surface area contributed by atoms with Gasteiger partial charge >= 0.3 is 0 Å². The minimum Gasteiger partial charge on any atom is -0.310 e. The molecule has 0 aromatic heterocycles. The van der Waals surface area contributed by atoms with Crippen LogP contribution in [0.2, 0.25) is 39.3 Å². The SMILES string of the molecule is C[Si](C)(C)c1ccc(-c2c3cc4c(cc3c(-c3ccc([Si](C)(C)C)cc3)c3cc5c(cc23)-c2ccc(N(c3ccccc3)c3ccc6ccccc6c3)c3cccc-5c23)-c2ccc(N(c3ccccc3)c3ccc5ccccc5c3)c3cccc-4c23)cc1. The fraction of sp³-hybridized carbons (Fsp3) is 0.0714. The number of nitrogens with zero attached hydrogens (tertiary/aromatic N) is 2. The predicted octanol–water partition coefficient (Wildman–Crippen LogP) is 23.3. The maximum absolute atomic E-state index is 2.58. The molecule has 17 rings (SSSR count). The smallest absolute Gasteiger partial charge is 0.0775 e. The van der Waals surface area contributed by atoms with Crippen LogP contribution in [-0.4, -0.2) is 16.1 Å². The summed E-state index contributed by atoms with van der Waals surface area (Å²) in [5, 5.41) is 18.0. The van der Waals surface area contributed by atoms with Crippen LogP contribution in [0.4, 0.5) is 34.1 Å². The van der Waals surface area contributed by atoms with Crippen LogP contribution >= 0.6 is 0 Å². The summed E-state index contributed by atoms with van der Waals surface area (Å²) < 4.78 is 0. The number of fused-ring (bicyclic) bond motifs is 10. The third kappa shape index (κ3) is 8.20. The van der Waals surface area contributed by atoms with Crippen molar-refractivity contribution in [3.8, 4) is 66.8 Å². The first-order valence-electron chi connectivity index (χ1n) is 31.1. The van der Waals surface area contributed by atoms with Crippen molar-refractivity contribution in [3.05, 3.63) is 279 Å². The fourth-order valence-corrected chi connectivity index (χ4v) is 17.1. The Kier molecular flexibility index (Phi) is 11.7. The Morgan fingerprint density at radius 1 is 0.227 bits per heavy atom. The molecule has 0 radical (unpaired) electrons. The average molecular weight is 1160 g/mol. The van der Waals surface area contributed by atoms with Crippen LogP contribution in [0.5, 0.6) is 0 Å². The molecule has 0 saturated carbocycles. The van der Waals surface area contributed by atoms with Crippen LogP contribution < -0.4 is 20.2 Å². The van der Waals surface area contributed by atoms with Crippen molar-refractivity contribution in [1.82, 2.24) is 0 Å². The van der Waals surface area contributed by atoms with Gasteiger partial charge in [0.2, 0.25) is 0 Å². The third-order valence-corrected chi connectivity index (χ3v) is 23.3. The van der Waals surface area contributed by atoms with E-state index in [1.807, 2.05) is 0 Å². The van der Waals surface area contributed by atoms with Gasteiger partial charge in [-0.2, -0.15) is 0 Å². The van der Waals surface area contributed by atoms with Crippen LogP contribution in [0.1, 0.15) is 0 Å². The Balaban J connectivity index is 0.931. The van der Waals surface area contributed by atoms with Gasteiger partial charge in [0, 0.05) is 33.5 Å². The molecule has 88 heavy (non-hydrogen) atoms. The molecule has 0 unspecified atom stereocenters.